The van der Waals surface area contributed by atoms with Crippen LogP contribution in [-0.2, 0) is 6.61 Å². The Hall–Kier alpha value is -3.41. The van der Waals surface area contributed by atoms with E-state index in [2.05, 4.69) is 20.8 Å². The first-order valence-corrected chi connectivity index (χ1v) is 12.1. The van der Waals surface area contributed by atoms with E-state index in [0.29, 0.717) is 39.2 Å². The van der Waals surface area contributed by atoms with Crippen LogP contribution in [0.4, 0.5) is 0 Å². The molecule has 6 heteroatoms. The van der Waals surface area contributed by atoms with E-state index in [4.69, 9.17) is 23.0 Å². The Balaban J connectivity index is 0.000000684. The Kier molecular flexibility index (Phi) is 12.5. The zero-order chi connectivity index (χ0) is 26.5. The van der Waals surface area contributed by atoms with Gasteiger partial charge in [-0.25, -0.2) is 0 Å². The number of hydrogen-bond acceptors (Lipinski definition) is 6. The summed E-state index contributed by atoms with van der Waals surface area (Å²) in [5.74, 6) is 2.88. The second-order valence-electron chi connectivity index (χ2n) is 7.82. The molecule has 0 aliphatic heterocycles. The Morgan fingerprint density at radius 2 is 1.46 bits per heavy atom. The first-order valence-electron chi connectivity index (χ1n) is 12.1. The third-order valence-electron chi connectivity index (χ3n) is 4.37. The van der Waals surface area contributed by atoms with Crippen molar-refractivity contribution >= 4 is 21.9 Å². The van der Waals surface area contributed by atoms with Crippen molar-refractivity contribution in [2.45, 2.75) is 62.0 Å². The van der Waals surface area contributed by atoms with Gasteiger partial charge in [0.05, 0.1) is 25.9 Å². The van der Waals surface area contributed by atoms with E-state index in [1.54, 1.807) is 20.1 Å². The summed E-state index contributed by atoms with van der Waals surface area (Å²) < 4.78 is 28.1. The maximum Gasteiger partial charge on any atom is 0.206 e. The van der Waals surface area contributed by atoms with Crippen molar-refractivity contribution in [1.29, 1.82) is 0 Å². The predicted molar refractivity (Wildman–Crippen MR) is 144 cm³/mol. The fourth-order valence-electron chi connectivity index (χ4n) is 3.11. The molecule has 4 rings (SSSR count). The van der Waals surface area contributed by atoms with E-state index < -0.39 is 0 Å². The number of ether oxygens (including phenoxy) is 3. The molecule has 0 spiro atoms. The van der Waals surface area contributed by atoms with E-state index in [-0.39, 0.29) is 12.0 Å². The Morgan fingerprint density at radius 1 is 0.857 bits per heavy atom. The Labute approximate surface area is 208 Å². The lowest BCUT2D eigenvalue weighted by molar-refractivity contribution is 0.302. The first kappa shape index (κ1) is 29.6. The quantitative estimate of drug-likeness (QED) is 0.284. The summed E-state index contributed by atoms with van der Waals surface area (Å²) in [4.78, 5) is 12.6. The minimum atomic E-state index is -0.192. The van der Waals surface area contributed by atoms with Gasteiger partial charge in [-0.2, -0.15) is 0 Å². The highest BCUT2D eigenvalue weighted by atomic mass is 16.5. The summed E-state index contributed by atoms with van der Waals surface area (Å²) in [5.41, 5.74) is 1.53. The van der Waals surface area contributed by atoms with Crippen LogP contribution in [0.1, 0.15) is 59.8 Å². The highest BCUT2D eigenvalue weighted by molar-refractivity contribution is 6.06. The highest BCUT2D eigenvalue weighted by Gasteiger charge is 2.22. The normalized spacial score (nSPS) is 9.91. The molecule has 0 N–H and O–H groups in total. The summed E-state index contributed by atoms with van der Waals surface area (Å²) in [5, 5.41) is 0.993. The first-order chi connectivity index (χ1) is 16.8. The number of benzene rings is 2. The second kappa shape index (κ2) is 14.8. The number of hydrogen-bond donors (Lipinski definition) is 0. The van der Waals surface area contributed by atoms with Gasteiger partial charge in [-0.3, -0.25) is 4.79 Å². The monoisotopic (exact) mass is 484 g/mol. The Morgan fingerprint density at radius 3 is 2.00 bits per heavy atom. The van der Waals surface area contributed by atoms with Crippen LogP contribution >= 0.6 is 0 Å². The second-order valence-corrected chi connectivity index (χ2v) is 7.82. The smallest absolute Gasteiger partial charge is 0.206 e. The molecule has 2 aromatic carbocycles. The van der Waals surface area contributed by atoms with Crippen LogP contribution < -0.4 is 19.6 Å². The number of furan rings is 1. The molecule has 192 valence electrons. The van der Waals surface area contributed by atoms with Gasteiger partial charge in [0.2, 0.25) is 5.75 Å². The number of rotatable bonds is 5. The average Bonchev–Trinajstić information content (AvgIpc) is 3.34. The molecule has 35 heavy (non-hydrogen) atoms. The summed E-state index contributed by atoms with van der Waals surface area (Å²) >= 11 is 0. The number of fused-ring (bicyclic) bond motifs is 2. The van der Waals surface area contributed by atoms with Crippen molar-refractivity contribution in [1.82, 2.24) is 0 Å². The van der Waals surface area contributed by atoms with E-state index >= 15 is 0 Å². The average molecular weight is 485 g/mol. The molecular weight excluding hydrogens is 444 g/mol. The standard InChI is InChI=1S/C21H18O6.C4H10.2C2H6/c1-12-10-16(22)17-18(24-3)15-8-9-25-19(15)21(20(17)27-12)26-11-13-4-6-14(23-2)7-5-13;1-4(2)3;2*1-2/h4-10H,11H2,1-3H3;4H,1-3H3;2*1-2H3. The largest absolute Gasteiger partial charge is 0.497 e. The molecule has 6 nitrogen and oxygen atoms in total. The molecule has 0 atom stereocenters. The van der Waals surface area contributed by atoms with Crippen LogP contribution in [0.2, 0.25) is 0 Å². The molecule has 0 saturated heterocycles. The van der Waals surface area contributed by atoms with Crippen LogP contribution in [0.3, 0.4) is 0 Å². The van der Waals surface area contributed by atoms with E-state index in [9.17, 15) is 4.79 Å². The molecule has 0 bridgehead atoms. The van der Waals surface area contributed by atoms with E-state index in [0.717, 1.165) is 17.2 Å². The third-order valence-corrected chi connectivity index (χ3v) is 4.37. The molecule has 2 heterocycles. The minimum Gasteiger partial charge on any atom is -0.497 e. The van der Waals surface area contributed by atoms with Gasteiger partial charge < -0.3 is 23.0 Å². The van der Waals surface area contributed by atoms with Crippen LogP contribution in [0.25, 0.3) is 21.9 Å². The van der Waals surface area contributed by atoms with Crippen molar-refractivity contribution in [3.8, 4) is 17.2 Å². The molecule has 2 aromatic heterocycles. The molecule has 4 aromatic rings. The van der Waals surface area contributed by atoms with Crippen LogP contribution in [-0.4, -0.2) is 14.2 Å². The van der Waals surface area contributed by atoms with Crippen molar-refractivity contribution in [3.63, 3.8) is 0 Å². The summed E-state index contributed by atoms with van der Waals surface area (Å²) in [6, 6.07) is 10.7. The van der Waals surface area contributed by atoms with Crippen LogP contribution in [0, 0.1) is 12.8 Å². The van der Waals surface area contributed by atoms with Crippen molar-refractivity contribution in [3.05, 3.63) is 64.2 Å². The SMILES string of the molecule is CC.CC.CC(C)C.COc1ccc(COc2c3occc3c(OC)c3c(=O)cc(C)oc23)cc1. The zero-order valence-electron chi connectivity index (χ0n) is 22.8. The minimum absolute atomic E-state index is 0.192. The summed E-state index contributed by atoms with van der Waals surface area (Å²) in [6.07, 6.45) is 1.53. The van der Waals surface area contributed by atoms with Gasteiger partial charge in [0.25, 0.3) is 0 Å². The fraction of sp³-hybridized carbons (Fsp3) is 0.414. The molecule has 0 radical (unpaired) electrons. The molecule has 0 aliphatic rings. The lowest BCUT2D eigenvalue weighted by Gasteiger charge is -2.13. The van der Waals surface area contributed by atoms with Gasteiger partial charge in [0.15, 0.2) is 16.6 Å². The molecule has 0 amide bonds. The van der Waals surface area contributed by atoms with Gasteiger partial charge in [0.1, 0.15) is 29.3 Å². The van der Waals surface area contributed by atoms with Gasteiger partial charge in [-0.05, 0) is 36.6 Å². The van der Waals surface area contributed by atoms with Gasteiger partial charge in [-0.1, -0.05) is 60.6 Å². The maximum absolute atomic E-state index is 12.6. The van der Waals surface area contributed by atoms with Crippen LogP contribution in [0.15, 0.2) is 56.3 Å². The lowest BCUT2D eigenvalue weighted by atomic mass is 10.1. The lowest BCUT2D eigenvalue weighted by Crippen LogP contribution is -2.05. The van der Waals surface area contributed by atoms with Crippen molar-refractivity contribution in [2.75, 3.05) is 14.2 Å². The topological polar surface area (TPSA) is 71.0 Å². The molecular formula is C29H40O6. The summed E-state index contributed by atoms with van der Waals surface area (Å²) in [6.45, 7) is 16.5. The fourth-order valence-corrected chi connectivity index (χ4v) is 3.11. The third kappa shape index (κ3) is 7.54. The van der Waals surface area contributed by atoms with E-state index in [1.807, 2.05) is 52.0 Å². The molecule has 0 saturated carbocycles. The molecule has 0 fully saturated rings. The molecule has 0 aliphatic carbocycles. The maximum atomic E-state index is 12.6. The van der Waals surface area contributed by atoms with Gasteiger partial charge >= 0.3 is 0 Å². The number of aryl methyl sites for hydroxylation is 1. The van der Waals surface area contributed by atoms with Gasteiger partial charge in [0, 0.05) is 6.07 Å². The Bertz CT molecular complexity index is 1210. The predicted octanol–water partition coefficient (Wildman–Crippen LogP) is 8.16. The molecule has 0 unspecified atom stereocenters. The highest BCUT2D eigenvalue weighted by Crippen LogP contribution is 2.42. The number of methoxy groups -OCH3 is 2. The van der Waals surface area contributed by atoms with Crippen molar-refractivity contribution < 1.29 is 23.0 Å². The van der Waals surface area contributed by atoms with E-state index in [1.165, 1.54) is 19.4 Å². The van der Waals surface area contributed by atoms with Crippen molar-refractivity contribution in [2.24, 2.45) is 5.92 Å². The van der Waals surface area contributed by atoms with Crippen LogP contribution in [0.5, 0.6) is 17.2 Å². The van der Waals surface area contributed by atoms with Gasteiger partial charge in [-0.15, -0.1) is 0 Å². The summed E-state index contributed by atoms with van der Waals surface area (Å²) in [7, 11) is 3.13. The zero-order valence-corrected chi connectivity index (χ0v) is 22.8.